The second-order valence-corrected chi connectivity index (χ2v) is 7.00. The molecule has 1 saturated heterocycles. The Kier molecular flexibility index (Phi) is 4.54. The Labute approximate surface area is 158 Å². The van der Waals surface area contributed by atoms with Gasteiger partial charge in [-0.2, -0.15) is 0 Å². The molecule has 1 aliphatic carbocycles. The summed E-state index contributed by atoms with van der Waals surface area (Å²) < 4.78 is 6.20. The van der Waals surface area contributed by atoms with Crippen LogP contribution in [0.5, 0.6) is 0 Å². The molecule has 5 heteroatoms. The second-order valence-electron chi connectivity index (χ2n) is 7.00. The molecule has 1 fully saturated rings. The average Bonchev–Trinajstić information content (AvgIpc) is 3.05. The van der Waals surface area contributed by atoms with E-state index in [9.17, 15) is 9.59 Å². The Hall–Kier alpha value is -2.92. The number of nitrogens with zero attached hydrogens (tertiary/aromatic N) is 1. The van der Waals surface area contributed by atoms with Crippen molar-refractivity contribution in [1.29, 1.82) is 0 Å². The minimum atomic E-state index is -0.404. The molecule has 1 atom stereocenters. The van der Waals surface area contributed by atoms with E-state index >= 15 is 0 Å². The van der Waals surface area contributed by atoms with Crippen molar-refractivity contribution in [2.75, 3.05) is 25.0 Å². The van der Waals surface area contributed by atoms with E-state index in [1.54, 1.807) is 24.3 Å². The summed E-state index contributed by atoms with van der Waals surface area (Å²) in [6, 6.07) is 15.3. The molecular formula is C22H22N2O3. The van der Waals surface area contributed by atoms with Crippen molar-refractivity contribution < 1.29 is 14.3 Å². The first kappa shape index (κ1) is 17.5. The van der Waals surface area contributed by atoms with Crippen LogP contribution in [0.25, 0.3) is 0 Å². The van der Waals surface area contributed by atoms with Gasteiger partial charge in [0.2, 0.25) is 5.91 Å². The summed E-state index contributed by atoms with van der Waals surface area (Å²) in [6.07, 6.45) is 3.07. The van der Waals surface area contributed by atoms with Crippen molar-refractivity contribution in [2.45, 2.75) is 18.4 Å². The third kappa shape index (κ3) is 3.26. The summed E-state index contributed by atoms with van der Waals surface area (Å²) in [5.74, 6) is -0.343. The van der Waals surface area contributed by atoms with Gasteiger partial charge in [0.15, 0.2) is 0 Å². The predicted molar refractivity (Wildman–Crippen MR) is 104 cm³/mol. The highest BCUT2D eigenvalue weighted by molar-refractivity contribution is 6.00. The van der Waals surface area contributed by atoms with Gasteiger partial charge in [0.1, 0.15) is 5.60 Å². The van der Waals surface area contributed by atoms with E-state index in [1.807, 2.05) is 17.0 Å². The summed E-state index contributed by atoms with van der Waals surface area (Å²) in [7, 11) is 0. The van der Waals surface area contributed by atoms with E-state index in [2.05, 4.69) is 24.0 Å². The Morgan fingerprint density at radius 3 is 2.89 bits per heavy atom. The molecule has 138 valence electrons. The summed E-state index contributed by atoms with van der Waals surface area (Å²) in [5.41, 5.74) is 3.25. The van der Waals surface area contributed by atoms with Gasteiger partial charge in [0.05, 0.1) is 13.2 Å². The number of fused-ring (bicyclic) bond motifs is 2. The van der Waals surface area contributed by atoms with Crippen LogP contribution in [-0.2, 0) is 21.6 Å². The lowest BCUT2D eigenvalue weighted by molar-refractivity contribution is -0.111. The van der Waals surface area contributed by atoms with Crippen LogP contribution in [0.4, 0.5) is 5.69 Å². The smallest absolute Gasteiger partial charge is 0.254 e. The fourth-order valence-corrected chi connectivity index (χ4v) is 4.03. The molecule has 1 heterocycles. The molecule has 2 amide bonds. The molecule has 2 aromatic rings. The van der Waals surface area contributed by atoms with Crippen molar-refractivity contribution in [2.24, 2.45) is 0 Å². The number of anilines is 1. The number of amides is 2. The van der Waals surface area contributed by atoms with E-state index in [0.717, 1.165) is 12.8 Å². The maximum Gasteiger partial charge on any atom is 0.254 e. The monoisotopic (exact) mass is 362 g/mol. The van der Waals surface area contributed by atoms with E-state index in [1.165, 1.54) is 17.2 Å². The lowest BCUT2D eigenvalue weighted by atomic mass is 9.93. The van der Waals surface area contributed by atoms with Gasteiger partial charge in [-0.1, -0.05) is 36.9 Å². The van der Waals surface area contributed by atoms with Gasteiger partial charge >= 0.3 is 0 Å². The van der Waals surface area contributed by atoms with Crippen LogP contribution in [0.1, 0.15) is 27.9 Å². The van der Waals surface area contributed by atoms with Crippen LogP contribution in [0, 0.1) is 0 Å². The zero-order valence-electron chi connectivity index (χ0n) is 15.1. The molecule has 5 nitrogen and oxygen atoms in total. The van der Waals surface area contributed by atoms with Gasteiger partial charge in [-0.15, -0.1) is 0 Å². The lowest BCUT2D eigenvalue weighted by Gasteiger charge is -2.41. The highest BCUT2D eigenvalue weighted by Gasteiger charge is 2.44. The van der Waals surface area contributed by atoms with Crippen molar-refractivity contribution in [3.63, 3.8) is 0 Å². The van der Waals surface area contributed by atoms with Gasteiger partial charge in [0.25, 0.3) is 5.91 Å². The molecule has 4 rings (SSSR count). The van der Waals surface area contributed by atoms with Crippen LogP contribution in [0.2, 0.25) is 0 Å². The normalized spacial score (nSPS) is 21.0. The van der Waals surface area contributed by atoms with Crippen LogP contribution < -0.4 is 5.32 Å². The molecule has 2 aromatic carbocycles. The van der Waals surface area contributed by atoms with Gasteiger partial charge < -0.3 is 15.0 Å². The SMILES string of the molecule is C=CC(=O)Nc1cccc(C(=O)N2CCOC3(CCc4ccccc43)C2)c1. The third-order valence-electron chi connectivity index (χ3n) is 5.34. The molecule has 1 aliphatic heterocycles. The number of ether oxygens (including phenoxy) is 1. The highest BCUT2D eigenvalue weighted by atomic mass is 16.5. The molecule has 1 unspecified atom stereocenters. The first-order valence-electron chi connectivity index (χ1n) is 9.16. The van der Waals surface area contributed by atoms with Gasteiger partial charge in [-0.3, -0.25) is 9.59 Å². The van der Waals surface area contributed by atoms with Gasteiger partial charge in [0, 0.05) is 17.8 Å². The largest absolute Gasteiger partial charge is 0.367 e. The van der Waals surface area contributed by atoms with E-state index in [4.69, 9.17) is 4.74 Å². The number of rotatable bonds is 3. The van der Waals surface area contributed by atoms with Crippen molar-refractivity contribution in [3.8, 4) is 0 Å². The fraction of sp³-hybridized carbons (Fsp3) is 0.273. The molecule has 0 bridgehead atoms. The maximum absolute atomic E-state index is 13.1. The fourth-order valence-electron chi connectivity index (χ4n) is 4.03. The summed E-state index contributed by atoms with van der Waals surface area (Å²) >= 11 is 0. The Balaban J connectivity index is 1.56. The summed E-state index contributed by atoms with van der Waals surface area (Å²) in [4.78, 5) is 26.5. The van der Waals surface area contributed by atoms with E-state index < -0.39 is 5.60 Å². The number of nitrogens with one attached hydrogen (secondary N) is 1. The predicted octanol–water partition coefficient (Wildman–Crippen LogP) is 3.13. The third-order valence-corrected chi connectivity index (χ3v) is 5.34. The van der Waals surface area contributed by atoms with Crippen molar-refractivity contribution >= 4 is 17.5 Å². The Morgan fingerprint density at radius 2 is 2.04 bits per heavy atom. The summed E-state index contributed by atoms with van der Waals surface area (Å²) in [6.45, 7) is 5.08. The van der Waals surface area contributed by atoms with Crippen molar-refractivity contribution in [3.05, 3.63) is 77.9 Å². The molecule has 27 heavy (non-hydrogen) atoms. The molecule has 0 aromatic heterocycles. The topological polar surface area (TPSA) is 58.6 Å². The van der Waals surface area contributed by atoms with Gasteiger partial charge in [-0.05, 0) is 48.2 Å². The number of benzene rings is 2. The zero-order valence-corrected chi connectivity index (χ0v) is 15.1. The first-order chi connectivity index (χ1) is 13.1. The van der Waals surface area contributed by atoms with Gasteiger partial charge in [-0.25, -0.2) is 0 Å². The molecule has 0 radical (unpaired) electrons. The number of hydrogen-bond acceptors (Lipinski definition) is 3. The van der Waals surface area contributed by atoms with Crippen LogP contribution in [0.3, 0.4) is 0 Å². The number of carbonyl (C=O) groups excluding carboxylic acids is 2. The minimum Gasteiger partial charge on any atom is -0.367 e. The first-order valence-corrected chi connectivity index (χ1v) is 9.16. The minimum absolute atomic E-state index is 0.0447. The Bertz CT molecular complexity index is 904. The van der Waals surface area contributed by atoms with Crippen LogP contribution in [-0.4, -0.2) is 36.4 Å². The molecule has 1 N–H and O–H groups in total. The molecule has 2 aliphatic rings. The number of morpholine rings is 1. The second kappa shape index (κ2) is 7.00. The Morgan fingerprint density at radius 1 is 1.19 bits per heavy atom. The quantitative estimate of drug-likeness (QED) is 0.854. The van der Waals surface area contributed by atoms with E-state index in [0.29, 0.717) is 30.9 Å². The lowest BCUT2D eigenvalue weighted by Crippen LogP contribution is -2.51. The van der Waals surface area contributed by atoms with Crippen LogP contribution in [0.15, 0.2) is 61.2 Å². The maximum atomic E-state index is 13.1. The average molecular weight is 362 g/mol. The number of aryl methyl sites for hydroxylation is 1. The summed E-state index contributed by atoms with van der Waals surface area (Å²) in [5, 5.41) is 2.70. The molecular weight excluding hydrogens is 340 g/mol. The van der Waals surface area contributed by atoms with E-state index in [-0.39, 0.29) is 11.8 Å². The van der Waals surface area contributed by atoms with Crippen LogP contribution >= 0.6 is 0 Å². The number of carbonyl (C=O) groups is 2. The molecule has 0 saturated carbocycles. The molecule has 1 spiro atoms. The zero-order chi connectivity index (χ0) is 18.9. The number of hydrogen-bond donors (Lipinski definition) is 1. The highest BCUT2D eigenvalue weighted by Crippen LogP contribution is 2.42. The standard InChI is InChI=1S/C22H22N2O3/c1-2-20(25)23-18-8-5-7-17(14-18)21(26)24-12-13-27-22(15-24)11-10-16-6-3-4-9-19(16)22/h2-9,14H,1,10-13,15H2,(H,23,25). The van der Waals surface area contributed by atoms with Crippen molar-refractivity contribution in [1.82, 2.24) is 4.90 Å².